The van der Waals surface area contributed by atoms with Crippen LogP contribution in [0.3, 0.4) is 0 Å². The largest absolute Gasteiger partial charge is 0.504 e. The van der Waals surface area contributed by atoms with E-state index in [4.69, 9.17) is 16.3 Å². The zero-order chi connectivity index (χ0) is 25.5. The van der Waals surface area contributed by atoms with Crippen molar-refractivity contribution in [2.45, 2.75) is 67.7 Å². The van der Waals surface area contributed by atoms with Gasteiger partial charge in [0, 0.05) is 36.3 Å². The highest BCUT2D eigenvalue weighted by atomic mass is 35.5. The highest BCUT2D eigenvalue weighted by molar-refractivity contribution is 6.30. The molecule has 2 heterocycles. The van der Waals surface area contributed by atoms with Crippen molar-refractivity contribution in [1.82, 2.24) is 9.80 Å². The number of amides is 1. The van der Waals surface area contributed by atoms with Crippen LogP contribution >= 0.6 is 24.0 Å². The topological polar surface area (TPSA) is 73.2 Å². The highest BCUT2D eigenvalue weighted by Gasteiger charge is 2.73. The molecular formula is C30H34Cl2N2O4. The number of aliphatic hydroxyl groups is 1. The molecule has 2 aromatic carbocycles. The van der Waals surface area contributed by atoms with E-state index in [1.807, 2.05) is 37.4 Å². The Kier molecular flexibility index (Phi) is 6.26. The lowest BCUT2D eigenvalue weighted by Crippen LogP contribution is -2.78. The van der Waals surface area contributed by atoms with E-state index in [9.17, 15) is 15.0 Å². The normalized spacial score (nSPS) is 32.9. The van der Waals surface area contributed by atoms with Crippen LogP contribution in [0.4, 0.5) is 0 Å². The van der Waals surface area contributed by atoms with E-state index in [2.05, 4.69) is 4.90 Å². The van der Waals surface area contributed by atoms with Crippen LogP contribution in [0.5, 0.6) is 11.5 Å². The molecule has 1 spiro atoms. The monoisotopic (exact) mass is 556 g/mol. The SMILES string of the molecule is CN(C(=O)C=Cc1cccc(Cl)c1)[C@@H]1CC[C@@]2(O)[C@H]3Cc4ccc(O)c5c4[C@@]2(CCN3CC2CC2)[C@H]1O5.Cl. The van der Waals surface area contributed by atoms with Crippen LogP contribution < -0.4 is 4.74 Å². The van der Waals surface area contributed by atoms with Crippen molar-refractivity contribution in [3.63, 3.8) is 0 Å². The second-order valence-electron chi connectivity index (χ2n) is 11.7. The lowest BCUT2D eigenvalue weighted by molar-refractivity contribution is -0.200. The number of phenols is 1. The molecule has 2 saturated carbocycles. The van der Waals surface area contributed by atoms with Gasteiger partial charge in [0.15, 0.2) is 11.5 Å². The summed E-state index contributed by atoms with van der Waals surface area (Å²) in [4.78, 5) is 17.6. The quantitative estimate of drug-likeness (QED) is 0.527. The third-order valence-electron chi connectivity index (χ3n) is 9.84. The number of hydrogen-bond donors (Lipinski definition) is 2. The Morgan fingerprint density at radius 1 is 1.24 bits per heavy atom. The summed E-state index contributed by atoms with van der Waals surface area (Å²) in [6, 6.07) is 11.0. The molecule has 1 amide bonds. The van der Waals surface area contributed by atoms with Gasteiger partial charge in [-0.05, 0) is 86.4 Å². The van der Waals surface area contributed by atoms with Crippen LogP contribution in [-0.4, -0.2) is 69.8 Å². The summed E-state index contributed by atoms with van der Waals surface area (Å²) in [5, 5.41) is 24.0. The van der Waals surface area contributed by atoms with Crippen molar-refractivity contribution in [1.29, 1.82) is 0 Å². The molecule has 202 valence electrons. The van der Waals surface area contributed by atoms with Gasteiger partial charge >= 0.3 is 0 Å². The lowest BCUT2D eigenvalue weighted by atomic mass is 9.48. The fourth-order valence-corrected chi connectivity index (χ4v) is 8.11. The number of phenolic OH excluding ortho intramolecular Hbond substituents is 1. The highest BCUT2D eigenvalue weighted by Crippen LogP contribution is 2.66. The maximum absolute atomic E-state index is 13.4. The second-order valence-corrected chi connectivity index (χ2v) is 12.2. The van der Waals surface area contributed by atoms with Crippen molar-refractivity contribution in [3.05, 3.63) is 64.2 Å². The van der Waals surface area contributed by atoms with Crippen molar-refractivity contribution in [2.75, 3.05) is 20.1 Å². The summed E-state index contributed by atoms with van der Waals surface area (Å²) in [6.07, 6.45) is 8.30. The summed E-state index contributed by atoms with van der Waals surface area (Å²) < 4.78 is 6.60. The number of benzene rings is 2. The van der Waals surface area contributed by atoms with Gasteiger partial charge in [-0.2, -0.15) is 0 Å². The number of halogens is 2. The van der Waals surface area contributed by atoms with Gasteiger partial charge in [-0.3, -0.25) is 9.69 Å². The smallest absolute Gasteiger partial charge is 0.246 e. The van der Waals surface area contributed by atoms with Gasteiger partial charge in [-0.25, -0.2) is 0 Å². The average molecular weight is 558 g/mol. The first-order valence-electron chi connectivity index (χ1n) is 13.5. The minimum atomic E-state index is -0.951. The number of aromatic hydroxyl groups is 1. The number of likely N-dealkylation sites (N-methyl/N-ethyl adjacent to an activating group) is 1. The number of nitrogens with zero attached hydrogens (tertiary/aromatic N) is 2. The molecule has 0 aromatic heterocycles. The molecule has 7 rings (SSSR count). The average Bonchev–Trinajstić information content (AvgIpc) is 3.62. The second kappa shape index (κ2) is 9.16. The first kappa shape index (κ1) is 26.0. The summed E-state index contributed by atoms with van der Waals surface area (Å²) in [5.74, 6) is 1.26. The van der Waals surface area contributed by atoms with Crippen LogP contribution in [-0.2, 0) is 16.6 Å². The first-order valence-corrected chi connectivity index (χ1v) is 13.9. The number of hydrogen-bond acceptors (Lipinski definition) is 5. The van der Waals surface area contributed by atoms with E-state index in [0.717, 1.165) is 43.0 Å². The van der Waals surface area contributed by atoms with Gasteiger partial charge in [0.1, 0.15) is 6.10 Å². The van der Waals surface area contributed by atoms with Crippen molar-refractivity contribution < 1.29 is 19.7 Å². The third-order valence-corrected chi connectivity index (χ3v) is 10.1. The Balaban J connectivity index is 0.00000264. The summed E-state index contributed by atoms with van der Waals surface area (Å²) >= 11 is 6.10. The van der Waals surface area contributed by atoms with E-state index in [1.165, 1.54) is 18.4 Å². The zero-order valence-electron chi connectivity index (χ0n) is 21.5. The molecular weight excluding hydrogens is 523 g/mol. The van der Waals surface area contributed by atoms with Gasteiger partial charge < -0.3 is 19.8 Å². The minimum absolute atomic E-state index is 0. The van der Waals surface area contributed by atoms with Crippen molar-refractivity contribution in [3.8, 4) is 11.5 Å². The Morgan fingerprint density at radius 3 is 2.82 bits per heavy atom. The molecule has 3 fully saturated rings. The molecule has 6 nitrogen and oxygen atoms in total. The number of carbonyl (C=O) groups is 1. The molecule has 5 aliphatic rings. The van der Waals surface area contributed by atoms with Crippen LogP contribution in [0.15, 0.2) is 42.5 Å². The third kappa shape index (κ3) is 3.64. The molecule has 2 bridgehead atoms. The van der Waals surface area contributed by atoms with Gasteiger partial charge in [0.2, 0.25) is 5.91 Å². The summed E-state index contributed by atoms with van der Waals surface area (Å²) in [7, 11) is 1.83. The van der Waals surface area contributed by atoms with E-state index in [-0.39, 0.29) is 36.1 Å². The molecule has 1 saturated heterocycles. The van der Waals surface area contributed by atoms with Crippen LogP contribution in [0, 0.1) is 5.92 Å². The Hall–Kier alpha value is -2.25. The van der Waals surface area contributed by atoms with Gasteiger partial charge in [0.05, 0.1) is 17.1 Å². The fourth-order valence-electron chi connectivity index (χ4n) is 7.91. The van der Waals surface area contributed by atoms with E-state index >= 15 is 0 Å². The molecule has 5 atom stereocenters. The molecule has 0 unspecified atom stereocenters. The molecule has 8 heteroatoms. The number of likely N-dealkylation sites (tertiary alicyclic amines) is 1. The predicted octanol–water partition coefficient (Wildman–Crippen LogP) is 4.57. The molecule has 38 heavy (non-hydrogen) atoms. The number of piperidine rings is 1. The standard InChI is InChI=1S/C30H33ClN2O4.ClH/c1-32(25(35)10-7-18-3-2-4-21(31)15-18)22-11-12-30(36)24-16-20-8-9-23(34)27-26(20)29(30,28(22)37-27)13-14-33(24)17-19-5-6-19;/h2-4,7-10,15,19,22,24,28,34,36H,5-6,11-14,16-17H2,1H3;1H/t22-,24-,28+,29+,30-;/m1./s1. The van der Waals surface area contributed by atoms with Crippen LogP contribution in [0.2, 0.25) is 5.02 Å². The molecule has 2 N–H and O–H groups in total. The van der Waals surface area contributed by atoms with E-state index in [0.29, 0.717) is 23.6 Å². The lowest BCUT2D eigenvalue weighted by Gasteiger charge is -2.64. The molecule has 3 aliphatic carbocycles. The minimum Gasteiger partial charge on any atom is -0.504 e. The fraction of sp³-hybridized carbons (Fsp3) is 0.500. The Labute approximate surface area is 234 Å². The van der Waals surface area contributed by atoms with Gasteiger partial charge in [-0.1, -0.05) is 29.8 Å². The van der Waals surface area contributed by atoms with E-state index in [1.54, 1.807) is 23.1 Å². The summed E-state index contributed by atoms with van der Waals surface area (Å²) in [5.41, 5.74) is 1.44. The van der Waals surface area contributed by atoms with Crippen LogP contribution in [0.25, 0.3) is 6.08 Å². The molecule has 2 aliphatic heterocycles. The number of rotatable bonds is 5. The predicted molar refractivity (Wildman–Crippen MR) is 149 cm³/mol. The number of carbonyl (C=O) groups excluding carboxylic acids is 1. The Morgan fingerprint density at radius 2 is 2.05 bits per heavy atom. The maximum atomic E-state index is 13.4. The number of ether oxygens (including phenoxy) is 1. The van der Waals surface area contributed by atoms with Gasteiger partial charge in [0.25, 0.3) is 0 Å². The zero-order valence-corrected chi connectivity index (χ0v) is 23.0. The molecule has 0 radical (unpaired) electrons. The first-order chi connectivity index (χ1) is 17.8. The van der Waals surface area contributed by atoms with Crippen molar-refractivity contribution >= 4 is 36.0 Å². The van der Waals surface area contributed by atoms with E-state index < -0.39 is 17.1 Å². The Bertz CT molecular complexity index is 1310. The van der Waals surface area contributed by atoms with Crippen LogP contribution in [0.1, 0.15) is 48.8 Å². The maximum Gasteiger partial charge on any atom is 0.246 e. The van der Waals surface area contributed by atoms with Crippen molar-refractivity contribution in [2.24, 2.45) is 5.92 Å². The van der Waals surface area contributed by atoms with Gasteiger partial charge in [-0.15, -0.1) is 12.4 Å². The summed E-state index contributed by atoms with van der Waals surface area (Å²) in [6.45, 7) is 1.95. The molecule has 2 aromatic rings.